The number of rotatable bonds is 7. The minimum Gasteiger partial charge on any atom is -0.399 e. The second-order valence-electron chi connectivity index (χ2n) is 5.73. The quantitative estimate of drug-likeness (QED) is 0.482. The molecule has 0 amide bonds. The number of hydrogen-bond acceptors (Lipinski definition) is 3. The van der Waals surface area contributed by atoms with Crippen LogP contribution in [0.5, 0.6) is 0 Å². The molecule has 2 aromatic carbocycles. The van der Waals surface area contributed by atoms with Crippen LogP contribution in [0.1, 0.15) is 12.0 Å². The molecule has 5 heteroatoms. The first kappa shape index (κ1) is 16.9. The highest BCUT2D eigenvalue weighted by atomic mass is 35.5. The molecule has 0 radical (unpaired) electrons. The number of thioether (sulfide) groups is 1. The van der Waals surface area contributed by atoms with Gasteiger partial charge < -0.3 is 10.3 Å². The average molecular weight is 358 g/mol. The lowest BCUT2D eigenvalue weighted by Crippen LogP contribution is -2.13. The van der Waals surface area contributed by atoms with Crippen molar-refractivity contribution in [2.24, 2.45) is 0 Å². The molecule has 24 heavy (non-hydrogen) atoms. The summed E-state index contributed by atoms with van der Waals surface area (Å²) in [6.45, 7) is 0.933. The van der Waals surface area contributed by atoms with E-state index in [2.05, 4.69) is 33.8 Å². The fraction of sp³-hybridized carbons (Fsp3) is 0.211. The molecule has 1 unspecified atom stereocenters. The van der Waals surface area contributed by atoms with E-state index < -0.39 is 0 Å². The summed E-state index contributed by atoms with van der Waals surface area (Å²) in [5.41, 5.74) is 7.89. The predicted molar refractivity (Wildman–Crippen MR) is 102 cm³/mol. The summed E-state index contributed by atoms with van der Waals surface area (Å²) in [6, 6.07) is 16.2. The maximum absolute atomic E-state index is 5.96. The van der Waals surface area contributed by atoms with E-state index >= 15 is 0 Å². The van der Waals surface area contributed by atoms with Gasteiger partial charge in [0, 0.05) is 39.8 Å². The van der Waals surface area contributed by atoms with Gasteiger partial charge in [0.15, 0.2) is 0 Å². The first-order valence-electron chi connectivity index (χ1n) is 7.91. The molecular weight excluding hydrogens is 338 g/mol. The molecule has 0 aliphatic carbocycles. The third-order valence-electron chi connectivity index (χ3n) is 3.82. The van der Waals surface area contributed by atoms with Crippen LogP contribution >= 0.6 is 23.4 Å². The van der Waals surface area contributed by atoms with Crippen LogP contribution in [0.25, 0.3) is 0 Å². The standard InChI is InChI=1S/C19H20ClN3S/c20-16-4-1-15(2-5-16)3-8-19(13-23-12-11-22-14-23)24-18-9-6-17(21)7-10-18/h1-2,4-7,9-12,14,19H,3,8,13,21H2. The molecule has 0 fully saturated rings. The van der Waals surface area contributed by atoms with Crippen molar-refractivity contribution in [1.82, 2.24) is 9.55 Å². The molecule has 2 N–H and O–H groups in total. The number of nitrogens with two attached hydrogens (primary N) is 1. The van der Waals surface area contributed by atoms with Crippen molar-refractivity contribution < 1.29 is 0 Å². The van der Waals surface area contributed by atoms with E-state index in [9.17, 15) is 0 Å². The fourth-order valence-corrected chi connectivity index (χ4v) is 3.82. The van der Waals surface area contributed by atoms with Crippen molar-refractivity contribution in [3.05, 3.63) is 77.8 Å². The van der Waals surface area contributed by atoms with Crippen LogP contribution < -0.4 is 5.73 Å². The van der Waals surface area contributed by atoms with Crippen molar-refractivity contribution in [1.29, 1.82) is 0 Å². The number of anilines is 1. The van der Waals surface area contributed by atoms with Gasteiger partial charge in [0.25, 0.3) is 0 Å². The van der Waals surface area contributed by atoms with E-state index in [1.165, 1.54) is 10.5 Å². The zero-order valence-corrected chi connectivity index (χ0v) is 14.9. The lowest BCUT2D eigenvalue weighted by Gasteiger charge is -2.17. The van der Waals surface area contributed by atoms with E-state index in [-0.39, 0.29) is 0 Å². The Morgan fingerprint density at radius 1 is 1.08 bits per heavy atom. The van der Waals surface area contributed by atoms with Crippen LogP contribution in [0.2, 0.25) is 5.02 Å². The smallest absolute Gasteiger partial charge is 0.0946 e. The van der Waals surface area contributed by atoms with Gasteiger partial charge in [0.1, 0.15) is 0 Å². The third-order valence-corrected chi connectivity index (χ3v) is 5.34. The summed E-state index contributed by atoms with van der Waals surface area (Å²) >= 11 is 7.85. The Morgan fingerprint density at radius 3 is 2.50 bits per heavy atom. The highest BCUT2D eigenvalue weighted by Gasteiger charge is 2.12. The second kappa shape index (κ2) is 8.27. The fourth-order valence-electron chi connectivity index (χ4n) is 2.53. The maximum Gasteiger partial charge on any atom is 0.0946 e. The van der Waals surface area contributed by atoms with Crippen molar-refractivity contribution in [2.45, 2.75) is 29.5 Å². The summed E-state index contributed by atoms with van der Waals surface area (Å²) in [5, 5.41) is 1.24. The van der Waals surface area contributed by atoms with Crippen LogP contribution in [-0.2, 0) is 13.0 Å². The number of aryl methyl sites for hydroxylation is 1. The number of nitrogens with zero attached hydrogens (tertiary/aromatic N) is 2. The van der Waals surface area contributed by atoms with Gasteiger partial charge in [-0.2, -0.15) is 0 Å². The molecule has 1 atom stereocenters. The zero-order chi connectivity index (χ0) is 16.8. The van der Waals surface area contributed by atoms with Gasteiger partial charge >= 0.3 is 0 Å². The van der Waals surface area contributed by atoms with E-state index in [4.69, 9.17) is 17.3 Å². The Labute approximate surface area is 151 Å². The number of imidazole rings is 1. The Balaban J connectivity index is 1.66. The Morgan fingerprint density at radius 2 is 1.83 bits per heavy atom. The normalized spacial score (nSPS) is 12.2. The van der Waals surface area contributed by atoms with E-state index in [0.29, 0.717) is 5.25 Å². The molecule has 124 valence electrons. The minimum atomic E-state index is 0.457. The molecular formula is C19H20ClN3S. The lowest BCUT2D eigenvalue weighted by molar-refractivity contribution is 0.624. The van der Waals surface area contributed by atoms with Crippen LogP contribution in [-0.4, -0.2) is 14.8 Å². The van der Waals surface area contributed by atoms with Gasteiger partial charge in [-0.3, -0.25) is 0 Å². The van der Waals surface area contributed by atoms with Crippen LogP contribution in [0.3, 0.4) is 0 Å². The maximum atomic E-state index is 5.96. The SMILES string of the molecule is Nc1ccc(SC(CCc2ccc(Cl)cc2)Cn2ccnc2)cc1. The highest BCUT2D eigenvalue weighted by Crippen LogP contribution is 2.28. The molecule has 0 bridgehead atoms. The summed E-state index contributed by atoms with van der Waals surface area (Å²) in [4.78, 5) is 5.39. The number of benzene rings is 2. The number of nitrogen functional groups attached to an aromatic ring is 1. The molecule has 0 aliphatic heterocycles. The predicted octanol–water partition coefficient (Wildman–Crippen LogP) is 4.91. The summed E-state index contributed by atoms with van der Waals surface area (Å²) in [7, 11) is 0. The summed E-state index contributed by atoms with van der Waals surface area (Å²) < 4.78 is 2.14. The molecule has 0 saturated carbocycles. The highest BCUT2D eigenvalue weighted by molar-refractivity contribution is 8.00. The number of halogens is 1. The molecule has 0 saturated heterocycles. The van der Waals surface area contributed by atoms with Gasteiger partial charge in [0.05, 0.1) is 6.33 Å². The first-order valence-corrected chi connectivity index (χ1v) is 9.17. The van der Waals surface area contributed by atoms with Gasteiger partial charge in [-0.15, -0.1) is 11.8 Å². The molecule has 1 aromatic heterocycles. The van der Waals surface area contributed by atoms with E-state index in [0.717, 1.165) is 30.1 Å². The topological polar surface area (TPSA) is 43.8 Å². The van der Waals surface area contributed by atoms with Crippen molar-refractivity contribution in [3.63, 3.8) is 0 Å². The molecule has 1 heterocycles. The molecule has 0 spiro atoms. The van der Waals surface area contributed by atoms with Gasteiger partial charge in [-0.25, -0.2) is 4.98 Å². The number of hydrogen-bond donors (Lipinski definition) is 1. The second-order valence-corrected chi connectivity index (χ2v) is 7.54. The Bertz CT molecular complexity index is 739. The van der Waals surface area contributed by atoms with E-state index in [1.807, 2.05) is 54.7 Å². The Kier molecular flexibility index (Phi) is 5.83. The van der Waals surface area contributed by atoms with Crippen molar-refractivity contribution >= 4 is 29.1 Å². The lowest BCUT2D eigenvalue weighted by atomic mass is 10.1. The summed E-state index contributed by atoms with van der Waals surface area (Å²) in [6.07, 6.45) is 7.81. The molecule has 3 rings (SSSR count). The Hall–Kier alpha value is -1.91. The largest absolute Gasteiger partial charge is 0.399 e. The third kappa shape index (κ3) is 5.05. The van der Waals surface area contributed by atoms with Crippen LogP contribution in [0.4, 0.5) is 5.69 Å². The summed E-state index contributed by atoms with van der Waals surface area (Å²) in [5.74, 6) is 0. The molecule has 3 aromatic rings. The molecule has 3 nitrogen and oxygen atoms in total. The van der Waals surface area contributed by atoms with E-state index in [1.54, 1.807) is 0 Å². The van der Waals surface area contributed by atoms with Gasteiger partial charge in [-0.05, 0) is 54.8 Å². The van der Waals surface area contributed by atoms with Crippen LogP contribution in [0, 0.1) is 0 Å². The first-order chi connectivity index (χ1) is 11.7. The van der Waals surface area contributed by atoms with Crippen LogP contribution in [0.15, 0.2) is 72.1 Å². The van der Waals surface area contributed by atoms with Gasteiger partial charge in [-0.1, -0.05) is 23.7 Å². The zero-order valence-electron chi connectivity index (χ0n) is 13.3. The monoisotopic (exact) mass is 357 g/mol. The minimum absolute atomic E-state index is 0.457. The molecule has 0 aliphatic rings. The van der Waals surface area contributed by atoms with Gasteiger partial charge in [0.2, 0.25) is 0 Å². The van der Waals surface area contributed by atoms with Crippen molar-refractivity contribution in [2.75, 3.05) is 5.73 Å². The average Bonchev–Trinajstić information content (AvgIpc) is 3.09. The number of aromatic nitrogens is 2. The van der Waals surface area contributed by atoms with Crippen molar-refractivity contribution in [3.8, 4) is 0 Å².